The molecule has 0 spiro atoms. The van der Waals surface area contributed by atoms with Gasteiger partial charge in [-0.2, -0.15) is 12.7 Å². The molecule has 4 rings (SSSR count). The van der Waals surface area contributed by atoms with E-state index < -0.39 is 22.1 Å². The van der Waals surface area contributed by atoms with E-state index in [0.29, 0.717) is 43.5 Å². The van der Waals surface area contributed by atoms with Gasteiger partial charge < -0.3 is 15.0 Å². The van der Waals surface area contributed by atoms with E-state index in [2.05, 4.69) is 5.32 Å². The van der Waals surface area contributed by atoms with Crippen LogP contribution in [0.4, 0.5) is 20.6 Å². The van der Waals surface area contributed by atoms with E-state index in [1.54, 1.807) is 17.0 Å². The first-order valence-corrected chi connectivity index (χ1v) is 11.7. The van der Waals surface area contributed by atoms with Crippen molar-refractivity contribution in [1.29, 1.82) is 0 Å². The third-order valence-electron chi connectivity index (χ3n) is 5.51. The minimum atomic E-state index is -3.74. The lowest BCUT2D eigenvalue weighted by Gasteiger charge is -2.34. The highest BCUT2D eigenvalue weighted by Gasteiger charge is 2.34. The molecule has 164 valence electrons. The maximum absolute atomic E-state index is 14.8. The summed E-state index contributed by atoms with van der Waals surface area (Å²) >= 11 is 5.29. The van der Waals surface area contributed by atoms with Gasteiger partial charge in [-0.15, -0.1) is 0 Å². The average molecular weight is 458 g/mol. The van der Waals surface area contributed by atoms with E-state index in [9.17, 15) is 17.6 Å². The van der Waals surface area contributed by atoms with Gasteiger partial charge in [-0.25, -0.2) is 14.3 Å². The lowest BCUT2D eigenvalue weighted by molar-refractivity contribution is 0.143. The summed E-state index contributed by atoms with van der Waals surface area (Å²) in [6.45, 7) is 1.78. The summed E-state index contributed by atoms with van der Waals surface area (Å²) in [6.07, 6.45) is 1.33. The van der Waals surface area contributed by atoms with Gasteiger partial charge in [-0.05, 0) is 31.0 Å². The molecule has 3 aliphatic rings. The van der Waals surface area contributed by atoms with E-state index in [1.165, 1.54) is 15.3 Å². The minimum absolute atomic E-state index is 0.190. The summed E-state index contributed by atoms with van der Waals surface area (Å²) in [4.78, 5) is 16.2. The molecule has 1 aromatic rings. The third kappa shape index (κ3) is 4.66. The van der Waals surface area contributed by atoms with Crippen LogP contribution in [0.1, 0.15) is 12.8 Å². The first-order valence-electron chi connectivity index (χ1n) is 9.80. The number of hydrogen-bond acceptors (Lipinski definition) is 6. The molecule has 1 atom stereocenters. The number of anilines is 2. The van der Waals surface area contributed by atoms with Crippen LogP contribution in [0.3, 0.4) is 0 Å². The summed E-state index contributed by atoms with van der Waals surface area (Å²) in [6, 6.07) is 4.56. The number of carbonyl (C=O) groups is 1. The molecule has 1 aromatic carbocycles. The number of nitrogens with one attached hydrogen (secondary N) is 1. The second kappa shape index (κ2) is 8.25. The number of ether oxygens (including phenoxy) is 1. The molecular formula is C18H24FN5O4S2. The lowest BCUT2D eigenvalue weighted by Crippen LogP contribution is -2.50. The second-order valence-electron chi connectivity index (χ2n) is 7.70. The number of piperazine rings is 1. The highest BCUT2D eigenvalue weighted by Crippen LogP contribution is 2.30. The zero-order valence-electron chi connectivity index (χ0n) is 16.3. The summed E-state index contributed by atoms with van der Waals surface area (Å²) in [7, 11) is -3.74. The zero-order valence-corrected chi connectivity index (χ0v) is 17.9. The third-order valence-corrected chi connectivity index (χ3v) is 7.07. The van der Waals surface area contributed by atoms with Gasteiger partial charge in [-0.3, -0.25) is 4.90 Å². The molecule has 1 saturated carbocycles. The number of rotatable bonds is 6. The van der Waals surface area contributed by atoms with Crippen LogP contribution in [0.2, 0.25) is 0 Å². The van der Waals surface area contributed by atoms with E-state index >= 15 is 0 Å². The maximum Gasteiger partial charge on any atom is 0.414 e. The maximum atomic E-state index is 14.8. The molecule has 9 nitrogen and oxygen atoms in total. The van der Waals surface area contributed by atoms with Crippen LogP contribution >= 0.6 is 12.2 Å². The Balaban J connectivity index is 1.37. The smallest absolute Gasteiger partial charge is 0.414 e. The van der Waals surface area contributed by atoms with E-state index in [-0.39, 0.29) is 19.2 Å². The fourth-order valence-corrected chi connectivity index (χ4v) is 4.64. The number of thiocarbonyl (C=S) groups is 1. The molecular weight excluding hydrogens is 433 g/mol. The molecule has 2 saturated heterocycles. The van der Waals surface area contributed by atoms with Crippen molar-refractivity contribution >= 4 is 44.9 Å². The Bertz CT molecular complexity index is 948. The quantitative estimate of drug-likeness (QED) is 0.609. The standard InChI is InChI=1S/C18H24FN5O4S2/c19-15-9-13(3-4-16(15)22-5-7-23(8-6-22)30(20,26)27)24-11-14(28-18(24)25)10-21-17(29)12-1-2-12/h3-4,9,12,14H,1-2,5-8,10-11H2,(H,21,29)(H2,20,26,27)/t14-/m0/s1. The van der Waals surface area contributed by atoms with Crippen LogP contribution in [0.15, 0.2) is 18.2 Å². The van der Waals surface area contributed by atoms with Gasteiger partial charge in [0.25, 0.3) is 10.2 Å². The van der Waals surface area contributed by atoms with Crippen molar-refractivity contribution < 1.29 is 22.3 Å². The Kier molecular flexibility index (Phi) is 5.84. The van der Waals surface area contributed by atoms with Crippen LogP contribution in [-0.4, -0.2) is 69.2 Å². The van der Waals surface area contributed by atoms with Crippen LogP contribution in [-0.2, 0) is 14.9 Å². The van der Waals surface area contributed by atoms with Gasteiger partial charge in [0.2, 0.25) is 0 Å². The molecule has 0 bridgehead atoms. The van der Waals surface area contributed by atoms with Crippen molar-refractivity contribution in [2.24, 2.45) is 11.1 Å². The second-order valence-corrected chi connectivity index (χ2v) is 9.69. The van der Waals surface area contributed by atoms with Crippen LogP contribution in [0, 0.1) is 11.7 Å². The van der Waals surface area contributed by atoms with Crippen molar-refractivity contribution in [3.8, 4) is 0 Å². The van der Waals surface area contributed by atoms with Gasteiger partial charge in [-0.1, -0.05) is 12.2 Å². The molecule has 2 aliphatic heterocycles. The molecule has 0 unspecified atom stereocenters. The molecule has 3 N–H and O–H groups in total. The largest absolute Gasteiger partial charge is 0.442 e. The predicted octanol–water partition coefficient (Wildman–Crippen LogP) is 0.803. The molecule has 2 heterocycles. The Labute approximate surface area is 180 Å². The zero-order chi connectivity index (χ0) is 21.5. The Morgan fingerprint density at radius 3 is 2.57 bits per heavy atom. The summed E-state index contributed by atoms with van der Waals surface area (Å²) in [5.74, 6) is -0.0393. The first kappa shape index (κ1) is 21.2. The molecule has 0 radical (unpaired) electrons. The summed E-state index contributed by atoms with van der Waals surface area (Å²) in [5, 5.41) is 8.29. The average Bonchev–Trinajstić information content (AvgIpc) is 3.48. The van der Waals surface area contributed by atoms with Gasteiger partial charge in [0.05, 0.1) is 29.5 Å². The SMILES string of the molecule is NS(=O)(=O)N1CCN(c2ccc(N3C[C@H](CNC(=S)C4CC4)OC3=O)cc2F)CC1. The fraction of sp³-hybridized carbons (Fsp3) is 0.556. The van der Waals surface area contributed by atoms with Crippen molar-refractivity contribution in [2.45, 2.75) is 18.9 Å². The lowest BCUT2D eigenvalue weighted by atomic mass is 10.2. The number of nitrogens with zero attached hydrogens (tertiary/aromatic N) is 3. The molecule has 1 amide bonds. The van der Waals surface area contributed by atoms with Crippen molar-refractivity contribution in [1.82, 2.24) is 9.62 Å². The topological polar surface area (TPSA) is 108 Å². The van der Waals surface area contributed by atoms with Crippen LogP contribution in [0.25, 0.3) is 0 Å². The van der Waals surface area contributed by atoms with Crippen molar-refractivity contribution in [3.63, 3.8) is 0 Å². The predicted molar refractivity (Wildman–Crippen MR) is 114 cm³/mol. The molecule has 30 heavy (non-hydrogen) atoms. The number of cyclic esters (lactones) is 1. The fourth-order valence-electron chi connectivity index (χ4n) is 3.65. The number of benzene rings is 1. The highest BCUT2D eigenvalue weighted by atomic mass is 32.2. The van der Waals surface area contributed by atoms with E-state index in [0.717, 1.165) is 17.8 Å². The van der Waals surface area contributed by atoms with Crippen molar-refractivity contribution in [2.75, 3.05) is 49.1 Å². The number of nitrogens with two attached hydrogens (primary N) is 1. The minimum Gasteiger partial charge on any atom is -0.442 e. The molecule has 12 heteroatoms. The monoisotopic (exact) mass is 457 g/mol. The Hall–Kier alpha value is -2.02. The van der Waals surface area contributed by atoms with E-state index in [1.807, 2.05) is 0 Å². The normalized spacial score (nSPS) is 22.9. The van der Waals surface area contributed by atoms with Gasteiger partial charge >= 0.3 is 6.09 Å². The van der Waals surface area contributed by atoms with Crippen LogP contribution in [0.5, 0.6) is 0 Å². The number of amides is 1. The van der Waals surface area contributed by atoms with Gasteiger partial charge in [0.1, 0.15) is 11.9 Å². The molecule has 1 aliphatic carbocycles. The van der Waals surface area contributed by atoms with Crippen molar-refractivity contribution in [3.05, 3.63) is 24.0 Å². The van der Waals surface area contributed by atoms with Gasteiger partial charge in [0.15, 0.2) is 0 Å². The summed E-state index contributed by atoms with van der Waals surface area (Å²) in [5.41, 5.74) is 0.769. The summed E-state index contributed by atoms with van der Waals surface area (Å²) < 4.78 is 44.2. The Morgan fingerprint density at radius 1 is 1.27 bits per heavy atom. The van der Waals surface area contributed by atoms with Gasteiger partial charge in [0, 0.05) is 32.1 Å². The Morgan fingerprint density at radius 2 is 1.97 bits per heavy atom. The number of carbonyl (C=O) groups excluding carboxylic acids is 1. The highest BCUT2D eigenvalue weighted by molar-refractivity contribution is 7.86. The van der Waals surface area contributed by atoms with E-state index in [4.69, 9.17) is 22.1 Å². The van der Waals surface area contributed by atoms with Crippen LogP contribution < -0.4 is 20.3 Å². The molecule has 3 fully saturated rings. The number of hydrogen-bond donors (Lipinski definition) is 2. The first-order chi connectivity index (χ1) is 14.2. The molecule has 0 aromatic heterocycles. The number of halogens is 1.